The van der Waals surface area contributed by atoms with E-state index in [1.165, 1.54) is 21.5 Å². The Hall–Kier alpha value is -8.88. The molecule has 4 aromatic heterocycles. The number of aromatic nitrogens is 4. The van der Waals surface area contributed by atoms with Crippen LogP contribution in [0, 0.1) is 0 Å². The van der Waals surface area contributed by atoms with Crippen LogP contribution in [0.1, 0.15) is 0 Å². The predicted molar refractivity (Wildman–Crippen MR) is 261 cm³/mol. The number of fused-ring (bicyclic) bond motifs is 4. The second-order valence-electron chi connectivity index (χ2n) is 16.1. The van der Waals surface area contributed by atoms with Crippen LogP contribution >= 0.6 is 0 Å². The molecule has 0 aliphatic carbocycles. The van der Waals surface area contributed by atoms with Gasteiger partial charge in [0.25, 0.3) is 0 Å². The second-order valence-corrected chi connectivity index (χ2v) is 16.1. The van der Waals surface area contributed by atoms with Gasteiger partial charge >= 0.3 is 5.71 Å². The van der Waals surface area contributed by atoms with Crippen molar-refractivity contribution < 1.29 is 13.4 Å². The summed E-state index contributed by atoms with van der Waals surface area (Å²) in [6.07, 6.45) is 3.67. The molecule has 0 amide bonds. The summed E-state index contributed by atoms with van der Waals surface area (Å²) in [6.45, 7) is 0. The van der Waals surface area contributed by atoms with E-state index in [9.17, 15) is 0 Å². The Labute approximate surface area is 374 Å². The van der Waals surface area contributed by atoms with E-state index in [4.69, 9.17) is 13.8 Å². The number of nitrogens with zero attached hydrogens (tertiary/aromatic N) is 6. The molecule has 0 N–H and O–H groups in total. The molecule has 0 saturated carbocycles. The lowest BCUT2D eigenvalue weighted by Crippen LogP contribution is -2.27. The highest BCUT2D eigenvalue weighted by molar-refractivity contribution is 5.93. The third-order valence-corrected chi connectivity index (χ3v) is 12.0. The molecule has 65 heavy (non-hydrogen) atoms. The Kier molecular flexibility index (Phi) is 9.19. The Morgan fingerprint density at radius 3 is 1.32 bits per heavy atom. The fraction of sp³-hybridized carbons (Fsp3) is 0.0175. The Bertz CT molecular complexity index is 3560. The average Bonchev–Trinajstić information content (AvgIpc) is 4.01. The molecule has 8 nitrogen and oxygen atoms in total. The predicted octanol–water partition coefficient (Wildman–Crippen LogP) is 14.4. The van der Waals surface area contributed by atoms with Gasteiger partial charge in [-0.15, -0.1) is 0 Å². The lowest BCUT2D eigenvalue weighted by Gasteiger charge is -2.27. The number of hydrogen-bond donors (Lipinski definition) is 0. The topological polar surface area (TPSA) is 75.3 Å². The molecule has 0 spiro atoms. The third-order valence-electron chi connectivity index (χ3n) is 12.0. The minimum absolute atomic E-state index is 0.517. The monoisotopic (exact) mass is 839 g/mol. The number of oxazole rings is 2. The molecule has 0 saturated heterocycles. The maximum absolute atomic E-state index is 6.20. The molecular weight excluding hydrogens is 801 g/mol. The van der Waals surface area contributed by atoms with Crippen LogP contribution in [0.5, 0.6) is 0 Å². The molecule has 0 fully saturated rings. The molecule has 0 aliphatic rings. The standard InChI is InChI=1S/C57H39N6O2/c1-61-35-7-13-53-57(61)65-55(60-53)43-22-30-48(31-23-43)62(47-28-20-42(21-29-47)54-59-52-12-6-34-58-56(52)64-54)46-24-14-40(15-25-46)41-16-26-49(27-17-41)63(50-32-18-38-8-2-4-10-44(38)36-50)51-33-19-39-9-3-5-11-45(39)37-51/h2-37H,1H3/q+1. The van der Waals surface area contributed by atoms with Crippen molar-refractivity contribution in [3.63, 3.8) is 0 Å². The van der Waals surface area contributed by atoms with Crippen LogP contribution in [0.4, 0.5) is 34.1 Å². The van der Waals surface area contributed by atoms with Gasteiger partial charge in [-0.1, -0.05) is 84.9 Å². The normalized spacial score (nSPS) is 11.5. The summed E-state index contributed by atoms with van der Waals surface area (Å²) < 4.78 is 14.1. The summed E-state index contributed by atoms with van der Waals surface area (Å²) in [5, 5.41) is 4.83. The minimum Gasteiger partial charge on any atom is -0.418 e. The molecule has 308 valence electrons. The zero-order valence-corrected chi connectivity index (χ0v) is 35.3. The zero-order valence-electron chi connectivity index (χ0n) is 35.3. The van der Waals surface area contributed by atoms with E-state index >= 15 is 0 Å². The molecule has 12 rings (SSSR count). The van der Waals surface area contributed by atoms with Crippen LogP contribution in [0.25, 0.3) is 78.0 Å². The van der Waals surface area contributed by atoms with Gasteiger partial charge in [0.05, 0.1) is 0 Å². The quantitative estimate of drug-likeness (QED) is 0.134. The summed E-state index contributed by atoms with van der Waals surface area (Å²) in [7, 11) is 1.96. The van der Waals surface area contributed by atoms with Gasteiger partial charge in [0, 0.05) is 57.5 Å². The van der Waals surface area contributed by atoms with Crippen LogP contribution in [-0.2, 0) is 7.05 Å². The average molecular weight is 840 g/mol. The highest BCUT2D eigenvalue weighted by atomic mass is 16.4. The van der Waals surface area contributed by atoms with Crippen molar-refractivity contribution in [2.24, 2.45) is 7.05 Å². The van der Waals surface area contributed by atoms with Crippen LogP contribution in [-0.4, -0.2) is 15.0 Å². The molecule has 4 heterocycles. The Balaban J connectivity index is 0.882. The number of rotatable bonds is 9. The summed E-state index contributed by atoms with van der Waals surface area (Å²) in [5.74, 6) is 1.10. The first-order valence-corrected chi connectivity index (χ1v) is 21.5. The third kappa shape index (κ3) is 7.09. The van der Waals surface area contributed by atoms with Gasteiger partial charge < -0.3 is 18.6 Å². The van der Waals surface area contributed by atoms with Gasteiger partial charge in [-0.2, -0.15) is 4.57 Å². The molecule has 0 aliphatic heterocycles. The highest BCUT2D eigenvalue weighted by Gasteiger charge is 2.19. The molecule has 8 heteroatoms. The lowest BCUT2D eigenvalue weighted by molar-refractivity contribution is -0.651. The number of benzene rings is 8. The first kappa shape index (κ1) is 37.8. The minimum atomic E-state index is 0.517. The van der Waals surface area contributed by atoms with Gasteiger partial charge in [-0.3, -0.25) is 0 Å². The highest BCUT2D eigenvalue weighted by Crippen LogP contribution is 2.41. The van der Waals surface area contributed by atoms with Crippen molar-refractivity contribution in [1.82, 2.24) is 15.0 Å². The SMILES string of the molecule is C[n+]1cccc2nc(-c3ccc(N(c4ccc(-c5ccc(N(c6ccc7ccccc7c6)c6ccc7ccccc7c6)cc5)cc4)c4ccc(-c5nc6cccnc6o5)cc4)cc3)oc21. The maximum Gasteiger partial charge on any atom is 0.401 e. The van der Waals surface area contributed by atoms with Crippen molar-refractivity contribution in [2.45, 2.75) is 0 Å². The molecule has 12 aromatic rings. The van der Waals surface area contributed by atoms with Crippen molar-refractivity contribution in [3.8, 4) is 34.0 Å². The van der Waals surface area contributed by atoms with Crippen molar-refractivity contribution in [2.75, 3.05) is 9.80 Å². The Morgan fingerprint density at radius 1 is 0.385 bits per heavy atom. The molecule has 0 unspecified atom stereocenters. The number of hydrogen-bond acceptors (Lipinski definition) is 7. The molecular formula is C57H39N6O2+. The number of pyridine rings is 2. The van der Waals surface area contributed by atoms with Crippen molar-refractivity contribution in [1.29, 1.82) is 0 Å². The van der Waals surface area contributed by atoms with Gasteiger partial charge in [0.15, 0.2) is 11.7 Å². The number of aryl methyl sites for hydroxylation is 1. The van der Waals surface area contributed by atoms with Crippen LogP contribution in [0.2, 0.25) is 0 Å². The van der Waals surface area contributed by atoms with Gasteiger partial charge in [-0.25, -0.2) is 15.0 Å². The van der Waals surface area contributed by atoms with E-state index in [2.05, 4.69) is 190 Å². The van der Waals surface area contributed by atoms with E-state index in [1.807, 2.05) is 54.2 Å². The van der Waals surface area contributed by atoms with Crippen molar-refractivity contribution >= 4 is 78.1 Å². The van der Waals surface area contributed by atoms with Crippen LogP contribution < -0.4 is 14.4 Å². The first-order chi connectivity index (χ1) is 32.1. The van der Waals surface area contributed by atoms with E-state index in [0.29, 0.717) is 17.5 Å². The van der Waals surface area contributed by atoms with Gasteiger partial charge in [-0.05, 0) is 148 Å². The summed E-state index contributed by atoms with van der Waals surface area (Å²) in [4.78, 5) is 18.4. The van der Waals surface area contributed by atoms with Gasteiger partial charge in [0.1, 0.15) is 12.6 Å². The molecule has 0 radical (unpaired) electrons. The van der Waals surface area contributed by atoms with Crippen LogP contribution in [0.15, 0.2) is 227 Å². The largest absolute Gasteiger partial charge is 0.418 e. The fourth-order valence-corrected chi connectivity index (χ4v) is 8.67. The van der Waals surface area contributed by atoms with E-state index in [0.717, 1.165) is 73.1 Å². The molecule has 8 aromatic carbocycles. The van der Waals surface area contributed by atoms with E-state index in [-0.39, 0.29) is 0 Å². The number of anilines is 6. The molecule has 0 bridgehead atoms. The van der Waals surface area contributed by atoms with Crippen LogP contribution in [0.3, 0.4) is 0 Å². The molecule has 0 atom stereocenters. The summed E-state index contributed by atoms with van der Waals surface area (Å²) >= 11 is 0. The Morgan fingerprint density at radius 2 is 0.815 bits per heavy atom. The first-order valence-electron chi connectivity index (χ1n) is 21.5. The van der Waals surface area contributed by atoms with Crippen molar-refractivity contribution in [3.05, 3.63) is 219 Å². The fourth-order valence-electron chi connectivity index (χ4n) is 8.67. The zero-order chi connectivity index (χ0) is 43.3. The summed E-state index contributed by atoms with van der Waals surface area (Å²) in [6, 6.07) is 72.3. The maximum atomic E-state index is 6.20. The smallest absolute Gasteiger partial charge is 0.401 e. The lowest BCUT2D eigenvalue weighted by atomic mass is 10.0. The van der Waals surface area contributed by atoms with E-state index < -0.39 is 0 Å². The van der Waals surface area contributed by atoms with Gasteiger partial charge in [0.2, 0.25) is 17.5 Å². The van der Waals surface area contributed by atoms with E-state index in [1.54, 1.807) is 6.20 Å². The second kappa shape index (κ2) is 15.8. The summed E-state index contributed by atoms with van der Waals surface area (Å²) in [5.41, 5.74) is 13.0.